The topological polar surface area (TPSA) is 0 Å². The van der Waals surface area contributed by atoms with Gasteiger partial charge in [-0.15, -0.1) is 0 Å². The SMILES string of the molecule is CC1(C)[C@H]2C[CH][C@@]1(C)CC2.[CH3]. The van der Waals surface area contributed by atoms with Crippen LogP contribution in [0.4, 0.5) is 0 Å². The van der Waals surface area contributed by atoms with E-state index in [2.05, 4.69) is 27.2 Å². The van der Waals surface area contributed by atoms with Crippen LogP contribution in [0.15, 0.2) is 0 Å². The monoisotopic (exact) mass is 152 g/mol. The largest absolute Gasteiger partial charge is 0.0683 e. The molecule has 2 rings (SSSR count). The second-order valence-corrected chi connectivity index (χ2v) is 4.81. The van der Waals surface area contributed by atoms with Crippen LogP contribution in [-0.4, -0.2) is 0 Å². The second kappa shape index (κ2) is 2.24. The lowest BCUT2D eigenvalue weighted by molar-refractivity contribution is 0.177. The fraction of sp³-hybridized carbons (Fsp3) is 0.818. The average Bonchev–Trinajstić information content (AvgIpc) is 2.18. The lowest BCUT2D eigenvalue weighted by Gasteiger charge is -2.34. The molecule has 2 aliphatic rings. The van der Waals surface area contributed by atoms with E-state index in [1.165, 1.54) is 19.3 Å². The molecule has 0 heterocycles. The van der Waals surface area contributed by atoms with Gasteiger partial charge in [-0.1, -0.05) is 28.2 Å². The summed E-state index contributed by atoms with van der Waals surface area (Å²) in [6, 6.07) is 0. The Morgan fingerprint density at radius 2 is 1.91 bits per heavy atom. The normalized spacial score (nSPS) is 45.5. The van der Waals surface area contributed by atoms with E-state index in [1.807, 2.05) is 0 Å². The van der Waals surface area contributed by atoms with E-state index in [-0.39, 0.29) is 7.43 Å². The quantitative estimate of drug-likeness (QED) is 0.498. The van der Waals surface area contributed by atoms with Gasteiger partial charge in [0.1, 0.15) is 0 Å². The van der Waals surface area contributed by atoms with Crippen molar-refractivity contribution in [3.8, 4) is 0 Å². The summed E-state index contributed by atoms with van der Waals surface area (Å²) in [5, 5.41) is 0. The van der Waals surface area contributed by atoms with E-state index in [1.54, 1.807) is 0 Å². The van der Waals surface area contributed by atoms with Gasteiger partial charge in [-0.25, -0.2) is 0 Å². The van der Waals surface area contributed by atoms with Crippen molar-refractivity contribution in [1.29, 1.82) is 0 Å². The molecular weight excluding hydrogens is 132 g/mol. The van der Waals surface area contributed by atoms with E-state index in [9.17, 15) is 0 Å². The molecule has 0 spiro atoms. The number of rotatable bonds is 0. The van der Waals surface area contributed by atoms with Gasteiger partial charge in [-0.3, -0.25) is 0 Å². The van der Waals surface area contributed by atoms with Crippen molar-refractivity contribution in [2.75, 3.05) is 0 Å². The summed E-state index contributed by atoms with van der Waals surface area (Å²) in [7, 11) is 0. The zero-order valence-electron chi connectivity index (χ0n) is 8.28. The molecule has 64 valence electrons. The van der Waals surface area contributed by atoms with Gasteiger partial charge < -0.3 is 0 Å². The van der Waals surface area contributed by atoms with Crippen LogP contribution in [0.25, 0.3) is 0 Å². The van der Waals surface area contributed by atoms with Crippen LogP contribution in [0.1, 0.15) is 40.0 Å². The molecule has 2 saturated carbocycles. The maximum Gasteiger partial charge on any atom is -0.0241 e. The van der Waals surface area contributed by atoms with Crippen LogP contribution in [0.2, 0.25) is 0 Å². The Balaban J connectivity index is 0.000000605. The molecule has 2 fully saturated rings. The molecule has 0 nitrogen and oxygen atoms in total. The van der Waals surface area contributed by atoms with E-state index < -0.39 is 0 Å². The number of hydrogen-bond donors (Lipinski definition) is 0. The molecule has 0 aromatic rings. The minimum absolute atomic E-state index is 0. The van der Waals surface area contributed by atoms with Gasteiger partial charge in [0.2, 0.25) is 0 Å². The highest BCUT2D eigenvalue weighted by atomic mass is 14.6. The first kappa shape index (κ1) is 9.09. The summed E-state index contributed by atoms with van der Waals surface area (Å²) >= 11 is 0. The zero-order chi connectivity index (χ0) is 7.41. The molecule has 2 aliphatic carbocycles. The molecule has 0 saturated heterocycles. The fourth-order valence-corrected chi connectivity index (χ4v) is 2.80. The van der Waals surface area contributed by atoms with Crippen molar-refractivity contribution in [3.63, 3.8) is 0 Å². The molecule has 0 amide bonds. The first-order chi connectivity index (χ1) is 4.56. The van der Waals surface area contributed by atoms with Crippen molar-refractivity contribution >= 4 is 0 Å². The predicted octanol–water partition coefficient (Wildman–Crippen LogP) is 3.49. The summed E-state index contributed by atoms with van der Waals surface area (Å²) < 4.78 is 0. The predicted molar refractivity (Wildman–Crippen MR) is 49.9 cm³/mol. The summed E-state index contributed by atoms with van der Waals surface area (Å²) in [5.41, 5.74) is 1.19. The smallest absolute Gasteiger partial charge is 0.0241 e. The van der Waals surface area contributed by atoms with E-state index in [4.69, 9.17) is 0 Å². The summed E-state index contributed by atoms with van der Waals surface area (Å²) in [5.74, 6) is 0.998. The molecule has 0 aromatic heterocycles. The lowest BCUT2D eigenvalue weighted by Crippen LogP contribution is -2.26. The number of hydrogen-bond acceptors (Lipinski definition) is 0. The molecule has 0 unspecified atom stereocenters. The van der Waals surface area contributed by atoms with Gasteiger partial charge in [0, 0.05) is 0 Å². The van der Waals surface area contributed by atoms with Gasteiger partial charge in [0.25, 0.3) is 0 Å². The lowest BCUT2D eigenvalue weighted by atomic mass is 9.71. The van der Waals surface area contributed by atoms with Crippen molar-refractivity contribution < 1.29 is 0 Å². The van der Waals surface area contributed by atoms with Crippen molar-refractivity contribution in [2.24, 2.45) is 16.7 Å². The van der Waals surface area contributed by atoms with Gasteiger partial charge in [0.15, 0.2) is 0 Å². The highest BCUT2D eigenvalue weighted by Crippen LogP contribution is 2.64. The van der Waals surface area contributed by atoms with E-state index >= 15 is 0 Å². The van der Waals surface area contributed by atoms with Crippen LogP contribution in [-0.2, 0) is 0 Å². The van der Waals surface area contributed by atoms with Crippen molar-refractivity contribution in [3.05, 3.63) is 13.8 Å². The molecule has 0 aliphatic heterocycles. The van der Waals surface area contributed by atoms with Crippen LogP contribution in [0, 0.1) is 30.6 Å². The first-order valence-corrected chi connectivity index (χ1v) is 4.41. The fourth-order valence-electron chi connectivity index (χ4n) is 2.80. The molecule has 0 N–H and O–H groups in total. The summed E-state index contributed by atoms with van der Waals surface area (Å²) in [6.45, 7) is 7.31. The highest BCUT2D eigenvalue weighted by molar-refractivity contribution is 5.14. The third kappa shape index (κ3) is 0.878. The van der Waals surface area contributed by atoms with E-state index in [0.29, 0.717) is 10.8 Å². The molecule has 11 heavy (non-hydrogen) atoms. The molecular formula is C11H20. The standard InChI is InChI=1S/C10H17.CH3/c1-9(2)8-4-6-10(9,3)7-5-8;/h6,8H,4-5,7H2,1-3H3;1H3/t8-,10-;/m0./s1. The van der Waals surface area contributed by atoms with Gasteiger partial charge in [-0.2, -0.15) is 0 Å². The zero-order valence-corrected chi connectivity index (χ0v) is 8.28. The maximum atomic E-state index is 2.56. The average molecular weight is 152 g/mol. The maximum absolute atomic E-state index is 2.56. The Kier molecular flexibility index (Phi) is 1.85. The van der Waals surface area contributed by atoms with Crippen LogP contribution in [0.5, 0.6) is 0 Å². The van der Waals surface area contributed by atoms with Gasteiger partial charge in [0.05, 0.1) is 0 Å². The van der Waals surface area contributed by atoms with Crippen molar-refractivity contribution in [1.82, 2.24) is 0 Å². The second-order valence-electron chi connectivity index (χ2n) is 4.81. The minimum atomic E-state index is 0. The molecule has 0 heteroatoms. The van der Waals surface area contributed by atoms with Crippen LogP contribution < -0.4 is 0 Å². The van der Waals surface area contributed by atoms with Gasteiger partial charge >= 0.3 is 0 Å². The summed E-state index contributed by atoms with van der Waals surface area (Å²) in [6.07, 6.45) is 6.84. The first-order valence-electron chi connectivity index (χ1n) is 4.41. The van der Waals surface area contributed by atoms with Crippen molar-refractivity contribution in [2.45, 2.75) is 40.0 Å². The summed E-state index contributed by atoms with van der Waals surface area (Å²) in [4.78, 5) is 0. The van der Waals surface area contributed by atoms with Crippen LogP contribution >= 0.6 is 0 Å². The molecule has 2 atom stereocenters. The van der Waals surface area contributed by atoms with Gasteiger partial charge in [-0.05, 0) is 42.4 Å². The minimum Gasteiger partial charge on any atom is -0.0683 e. The highest BCUT2D eigenvalue weighted by Gasteiger charge is 2.55. The Bertz CT molecular complexity index is 145. The molecule has 2 bridgehead atoms. The van der Waals surface area contributed by atoms with E-state index in [0.717, 1.165) is 5.92 Å². The number of fused-ring (bicyclic) bond motifs is 2. The Labute approximate surface area is 71.4 Å². The van der Waals surface area contributed by atoms with Crippen LogP contribution in [0.3, 0.4) is 0 Å². The third-order valence-electron chi connectivity index (χ3n) is 4.36. The molecule has 0 aromatic carbocycles. The Morgan fingerprint density at radius 1 is 1.27 bits per heavy atom. The Hall–Kier alpha value is 0. The third-order valence-corrected chi connectivity index (χ3v) is 4.36. The molecule has 2 radical (unpaired) electrons. The Morgan fingerprint density at radius 3 is 2.00 bits per heavy atom.